The molecule has 2 N–H and O–H groups in total. The molecular weight excluding hydrogens is 396 g/mol. The normalized spacial score (nSPS) is 16.8. The minimum Gasteiger partial charge on any atom is -0.491 e. The smallest absolute Gasteiger partial charge is 0.191 e. The van der Waals surface area contributed by atoms with Gasteiger partial charge >= 0.3 is 0 Å². The molecular formula is C23H34N4O2S. The fourth-order valence-electron chi connectivity index (χ4n) is 3.23. The van der Waals surface area contributed by atoms with Crippen LogP contribution in [0.3, 0.4) is 0 Å². The van der Waals surface area contributed by atoms with Gasteiger partial charge in [-0.1, -0.05) is 26.0 Å². The first-order valence-electron chi connectivity index (χ1n) is 10.9. The zero-order chi connectivity index (χ0) is 21.3. The maximum absolute atomic E-state index is 6.10. The highest BCUT2D eigenvalue weighted by atomic mass is 32.1. The molecule has 0 amide bonds. The molecule has 30 heavy (non-hydrogen) atoms. The molecule has 164 valence electrons. The molecule has 0 saturated carbocycles. The lowest BCUT2D eigenvalue weighted by Gasteiger charge is -2.15. The number of aliphatic imine (C=N–C) groups is 1. The average molecular weight is 431 g/mol. The lowest BCUT2D eigenvalue weighted by atomic mass is 10.1. The summed E-state index contributed by atoms with van der Waals surface area (Å²) in [6.45, 7) is 11.9. The summed E-state index contributed by atoms with van der Waals surface area (Å²) in [5, 5.41) is 9.99. The Kier molecular flexibility index (Phi) is 8.51. The third-order valence-corrected chi connectivity index (χ3v) is 6.12. The molecule has 6 nitrogen and oxygen atoms in total. The predicted molar refractivity (Wildman–Crippen MR) is 124 cm³/mol. The summed E-state index contributed by atoms with van der Waals surface area (Å²) in [6.07, 6.45) is 2.40. The monoisotopic (exact) mass is 430 g/mol. The van der Waals surface area contributed by atoms with Crippen LogP contribution in [0.2, 0.25) is 0 Å². The quantitative estimate of drug-likeness (QED) is 0.456. The van der Waals surface area contributed by atoms with Gasteiger partial charge in [-0.3, -0.25) is 0 Å². The van der Waals surface area contributed by atoms with E-state index in [9.17, 15) is 0 Å². The summed E-state index contributed by atoms with van der Waals surface area (Å²) >= 11 is 1.71. The first-order chi connectivity index (χ1) is 14.5. The summed E-state index contributed by atoms with van der Waals surface area (Å²) < 4.78 is 11.8. The van der Waals surface area contributed by atoms with Gasteiger partial charge in [0.2, 0.25) is 0 Å². The number of thiazole rings is 1. The molecule has 0 bridgehead atoms. The lowest BCUT2D eigenvalue weighted by Crippen LogP contribution is -2.36. The van der Waals surface area contributed by atoms with Crippen LogP contribution in [0.25, 0.3) is 0 Å². The van der Waals surface area contributed by atoms with Crippen molar-refractivity contribution in [1.82, 2.24) is 15.6 Å². The van der Waals surface area contributed by atoms with E-state index in [1.807, 2.05) is 0 Å². The van der Waals surface area contributed by atoms with E-state index in [1.54, 1.807) is 11.3 Å². The van der Waals surface area contributed by atoms with E-state index in [0.717, 1.165) is 49.0 Å². The molecule has 1 unspecified atom stereocenters. The minimum absolute atomic E-state index is 0.203. The molecule has 0 spiro atoms. The van der Waals surface area contributed by atoms with Crippen molar-refractivity contribution in [2.75, 3.05) is 19.8 Å². The van der Waals surface area contributed by atoms with Crippen molar-refractivity contribution < 1.29 is 9.47 Å². The van der Waals surface area contributed by atoms with Crippen molar-refractivity contribution in [1.29, 1.82) is 0 Å². The fraction of sp³-hybridized carbons (Fsp3) is 0.565. The van der Waals surface area contributed by atoms with E-state index in [-0.39, 0.29) is 6.10 Å². The maximum Gasteiger partial charge on any atom is 0.191 e. The largest absolute Gasteiger partial charge is 0.491 e. The number of hydrogen-bond donors (Lipinski definition) is 2. The molecule has 1 aromatic heterocycles. The highest BCUT2D eigenvalue weighted by Crippen LogP contribution is 2.23. The minimum atomic E-state index is 0.203. The van der Waals surface area contributed by atoms with E-state index >= 15 is 0 Å². The topological polar surface area (TPSA) is 67.8 Å². The van der Waals surface area contributed by atoms with Crippen LogP contribution in [0.1, 0.15) is 61.4 Å². The molecule has 7 heteroatoms. The van der Waals surface area contributed by atoms with Crippen LogP contribution < -0.4 is 15.4 Å². The number of guanidine groups is 1. The van der Waals surface area contributed by atoms with Crippen molar-refractivity contribution in [3.05, 3.63) is 45.4 Å². The molecule has 1 atom stereocenters. The Morgan fingerprint density at radius 2 is 2.23 bits per heavy atom. The number of aromatic nitrogens is 1. The number of rotatable bonds is 9. The van der Waals surface area contributed by atoms with Gasteiger partial charge < -0.3 is 20.1 Å². The highest BCUT2D eigenvalue weighted by Gasteiger charge is 2.17. The van der Waals surface area contributed by atoms with E-state index in [2.05, 4.69) is 66.9 Å². The second-order valence-corrected chi connectivity index (χ2v) is 8.83. The Labute approximate surface area is 184 Å². The molecule has 2 aromatic rings. The standard InChI is InChI=1S/C23H34N4O2S/c1-5-24-23(26-13-19-15-30-22(27-19)16(2)3)25-12-18-9-8-17(4)11-21(18)29-14-20-7-6-10-28-20/h8-9,11,15-16,20H,5-7,10,12-14H2,1-4H3,(H2,24,25,26). The summed E-state index contributed by atoms with van der Waals surface area (Å²) in [7, 11) is 0. The number of nitrogens with one attached hydrogen (secondary N) is 2. The third kappa shape index (κ3) is 6.71. The van der Waals surface area contributed by atoms with Crippen molar-refractivity contribution in [3.63, 3.8) is 0 Å². The van der Waals surface area contributed by atoms with E-state index in [4.69, 9.17) is 14.5 Å². The maximum atomic E-state index is 6.10. The SMILES string of the molecule is CCNC(=NCc1ccc(C)cc1OCC1CCCO1)NCc1csc(C(C)C)n1. The van der Waals surface area contributed by atoms with Crippen LogP contribution in [0.15, 0.2) is 28.6 Å². The number of benzene rings is 1. The van der Waals surface area contributed by atoms with Crippen LogP contribution in [0.4, 0.5) is 0 Å². The second kappa shape index (κ2) is 11.3. The lowest BCUT2D eigenvalue weighted by molar-refractivity contribution is 0.0676. The Morgan fingerprint density at radius 1 is 1.37 bits per heavy atom. The van der Waals surface area contributed by atoms with Crippen molar-refractivity contribution in [2.24, 2.45) is 4.99 Å². The van der Waals surface area contributed by atoms with Crippen molar-refractivity contribution in [2.45, 2.75) is 65.6 Å². The average Bonchev–Trinajstić information content (AvgIpc) is 3.41. The van der Waals surface area contributed by atoms with Gasteiger partial charge in [0.05, 0.1) is 29.9 Å². The van der Waals surface area contributed by atoms with Gasteiger partial charge in [-0.15, -0.1) is 11.3 Å². The van der Waals surface area contributed by atoms with Gasteiger partial charge in [-0.25, -0.2) is 9.98 Å². The molecule has 3 rings (SSSR count). The van der Waals surface area contributed by atoms with Crippen molar-refractivity contribution >= 4 is 17.3 Å². The number of aryl methyl sites for hydroxylation is 1. The van der Waals surface area contributed by atoms with Gasteiger partial charge in [0.25, 0.3) is 0 Å². The van der Waals surface area contributed by atoms with Crippen LogP contribution in [-0.2, 0) is 17.8 Å². The van der Waals surface area contributed by atoms with Crippen LogP contribution in [-0.4, -0.2) is 36.8 Å². The molecule has 1 saturated heterocycles. The van der Waals surface area contributed by atoms with Crippen LogP contribution >= 0.6 is 11.3 Å². The second-order valence-electron chi connectivity index (χ2n) is 7.94. The Hall–Kier alpha value is -2.12. The van der Waals surface area contributed by atoms with Gasteiger partial charge in [-0.2, -0.15) is 0 Å². The molecule has 1 aliphatic heterocycles. The van der Waals surface area contributed by atoms with Gasteiger partial charge in [0.1, 0.15) is 12.4 Å². The number of ether oxygens (including phenoxy) is 2. The van der Waals surface area contributed by atoms with E-state index < -0.39 is 0 Å². The van der Waals surface area contributed by atoms with Gasteiger partial charge in [0.15, 0.2) is 5.96 Å². The first kappa shape index (κ1) is 22.6. The Balaban J connectivity index is 1.62. The highest BCUT2D eigenvalue weighted by molar-refractivity contribution is 7.09. The van der Waals surface area contributed by atoms with Crippen LogP contribution in [0.5, 0.6) is 5.75 Å². The van der Waals surface area contributed by atoms with Gasteiger partial charge in [-0.05, 0) is 38.3 Å². The summed E-state index contributed by atoms with van der Waals surface area (Å²) in [5.74, 6) is 2.13. The van der Waals surface area contributed by atoms with E-state index in [1.165, 1.54) is 10.6 Å². The summed E-state index contributed by atoms with van der Waals surface area (Å²) in [5.41, 5.74) is 3.30. The molecule has 1 aliphatic rings. The third-order valence-electron chi connectivity index (χ3n) is 4.92. The molecule has 2 heterocycles. The van der Waals surface area contributed by atoms with Gasteiger partial charge in [0, 0.05) is 30.0 Å². The predicted octanol–water partition coefficient (Wildman–Crippen LogP) is 4.39. The number of nitrogens with zero attached hydrogens (tertiary/aromatic N) is 2. The number of hydrogen-bond acceptors (Lipinski definition) is 5. The summed E-state index contributed by atoms with van der Waals surface area (Å²) in [4.78, 5) is 9.46. The fourth-order valence-corrected chi connectivity index (χ4v) is 4.07. The Morgan fingerprint density at radius 3 is 2.93 bits per heavy atom. The Bertz CT molecular complexity index is 828. The van der Waals surface area contributed by atoms with Crippen LogP contribution in [0, 0.1) is 6.92 Å². The summed E-state index contributed by atoms with van der Waals surface area (Å²) in [6, 6.07) is 6.29. The zero-order valence-electron chi connectivity index (χ0n) is 18.5. The first-order valence-corrected chi connectivity index (χ1v) is 11.7. The molecule has 1 aromatic carbocycles. The molecule has 0 radical (unpaired) electrons. The van der Waals surface area contributed by atoms with E-state index in [0.29, 0.717) is 25.6 Å². The molecule has 1 fully saturated rings. The zero-order valence-corrected chi connectivity index (χ0v) is 19.3. The van der Waals surface area contributed by atoms with Crippen molar-refractivity contribution in [3.8, 4) is 5.75 Å². The molecule has 0 aliphatic carbocycles.